The van der Waals surface area contributed by atoms with Gasteiger partial charge in [-0.05, 0) is 12.8 Å². The van der Waals surface area contributed by atoms with Gasteiger partial charge in [0.2, 0.25) is 0 Å². The van der Waals surface area contributed by atoms with Crippen molar-refractivity contribution >= 4 is 0 Å². The Balaban J connectivity index is 3.12. The van der Waals surface area contributed by atoms with Gasteiger partial charge in [0.15, 0.2) is 0 Å². The monoisotopic (exact) mass is 156 g/mol. The van der Waals surface area contributed by atoms with E-state index in [2.05, 4.69) is 6.92 Å². The Morgan fingerprint density at radius 2 is 2.00 bits per heavy atom. The summed E-state index contributed by atoms with van der Waals surface area (Å²) in [6.07, 6.45) is 9.91. The quantitative estimate of drug-likeness (QED) is 0.363. The molecule has 11 heavy (non-hydrogen) atoms. The summed E-state index contributed by atoms with van der Waals surface area (Å²) in [5.41, 5.74) is 0. The summed E-state index contributed by atoms with van der Waals surface area (Å²) in [5.74, 6) is 0. The maximum Gasteiger partial charge on any atom is 0.0534 e. The van der Waals surface area contributed by atoms with E-state index in [9.17, 15) is 0 Å². The Hall–Kier alpha value is -0.260. The van der Waals surface area contributed by atoms with Gasteiger partial charge in [-0.15, -0.1) is 6.55 Å². The predicted molar refractivity (Wildman–Crippen MR) is 52.8 cm³/mol. The van der Waals surface area contributed by atoms with E-state index in [1.54, 1.807) is 6.08 Å². The van der Waals surface area contributed by atoms with E-state index in [1.165, 1.54) is 38.7 Å². The van der Waals surface area contributed by atoms with Crippen molar-refractivity contribution in [3.05, 3.63) is 12.6 Å². The normalized spacial score (nSPS) is 16.5. The third kappa shape index (κ3) is 9.74. The molecule has 0 N–H and O–H groups in total. The zero-order chi connectivity index (χ0) is 9.94. The summed E-state index contributed by atoms with van der Waals surface area (Å²) in [6.45, 7) is 3.50. The van der Waals surface area contributed by atoms with Gasteiger partial charge in [-0.1, -0.05) is 51.5 Å². The number of allylic oxidation sites excluding steroid dienone is 1. The van der Waals surface area contributed by atoms with Crippen LogP contribution in [-0.4, -0.2) is 0 Å². The molecular weight excluding hydrogens is 132 g/mol. The van der Waals surface area contributed by atoms with Gasteiger partial charge in [0, 0.05) is 1.37 Å². The van der Waals surface area contributed by atoms with E-state index < -0.39 is 0 Å². The van der Waals surface area contributed by atoms with E-state index in [4.69, 9.17) is 2.74 Å². The van der Waals surface area contributed by atoms with Gasteiger partial charge in [0.1, 0.15) is 0 Å². The van der Waals surface area contributed by atoms with E-state index in [0.717, 1.165) is 12.8 Å². The second-order valence-corrected chi connectivity index (χ2v) is 2.96. The molecule has 0 amide bonds. The van der Waals surface area contributed by atoms with Crippen LogP contribution in [0, 0.1) is 0 Å². The van der Waals surface area contributed by atoms with E-state index in [0.29, 0.717) is 0 Å². The maximum absolute atomic E-state index is 7.62. The average Bonchev–Trinajstić information content (AvgIpc) is 2.14. The van der Waals surface area contributed by atoms with Crippen molar-refractivity contribution in [2.24, 2.45) is 0 Å². The number of rotatable bonds is 8. The van der Waals surface area contributed by atoms with Crippen molar-refractivity contribution in [2.75, 3.05) is 0 Å². The van der Waals surface area contributed by atoms with Gasteiger partial charge in [-0.25, -0.2) is 0 Å². The summed E-state index contributed by atoms with van der Waals surface area (Å²) in [5, 5.41) is 0. The SMILES string of the molecule is [2H]C=CCC([2H])CCCCCCC. The zero-order valence-electron chi connectivity index (χ0n) is 9.68. The molecule has 1 unspecified atom stereocenters. The third-order valence-corrected chi connectivity index (χ3v) is 1.81. The zero-order valence-corrected chi connectivity index (χ0v) is 7.68. The van der Waals surface area contributed by atoms with Crippen LogP contribution in [-0.2, 0) is 0 Å². The van der Waals surface area contributed by atoms with Crippen LogP contribution in [0.2, 0.25) is 0 Å². The average molecular weight is 156 g/mol. The third-order valence-electron chi connectivity index (χ3n) is 1.81. The Morgan fingerprint density at radius 3 is 2.73 bits per heavy atom. The molecule has 0 aliphatic carbocycles. The Morgan fingerprint density at radius 1 is 1.27 bits per heavy atom. The molecule has 0 saturated heterocycles. The van der Waals surface area contributed by atoms with Crippen LogP contribution in [0.15, 0.2) is 12.6 Å². The molecule has 0 radical (unpaired) electrons. The summed E-state index contributed by atoms with van der Waals surface area (Å²) in [7, 11) is 0. The minimum Gasteiger partial charge on any atom is -0.103 e. The highest BCUT2D eigenvalue weighted by Gasteiger charge is 1.88. The molecule has 0 aliphatic rings. The molecule has 0 aromatic rings. The van der Waals surface area contributed by atoms with Crippen LogP contribution >= 0.6 is 0 Å². The summed E-state index contributed by atoms with van der Waals surface area (Å²) in [6, 6.07) is 0. The van der Waals surface area contributed by atoms with Gasteiger partial charge in [0.05, 0.1) is 1.37 Å². The Labute approximate surface area is 74.5 Å². The van der Waals surface area contributed by atoms with Crippen LogP contribution in [0.4, 0.5) is 0 Å². The van der Waals surface area contributed by atoms with Crippen LogP contribution in [0.3, 0.4) is 0 Å². The first kappa shape index (κ1) is 7.39. The molecular formula is C11H22. The highest BCUT2D eigenvalue weighted by molar-refractivity contribution is 4.65. The van der Waals surface area contributed by atoms with Crippen LogP contribution in [0.1, 0.15) is 61.0 Å². The smallest absolute Gasteiger partial charge is 0.0534 e. The van der Waals surface area contributed by atoms with Crippen molar-refractivity contribution in [1.29, 1.82) is 0 Å². The highest BCUT2D eigenvalue weighted by Crippen LogP contribution is 2.07. The molecule has 0 rings (SSSR count). The lowest BCUT2D eigenvalue weighted by Gasteiger charge is -1.98. The summed E-state index contributed by atoms with van der Waals surface area (Å²) < 4.78 is 14.4. The fourth-order valence-electron chi connectivity index (χ4n) is 1.11. The molecule has 0 fully saturated rings. The summed E-state index contributed by atoms with van der Waals surface area (Å²) in [4.78, 5) is 0. The van der Waals surface area contributed by atoms with Crippen molar-refractivity contribution in [3.63, 3.8) is 0 Å². The fraction of sp³-hybridized carbons (Fsp3) is 0.818. The van der Waals surface area contributed by atoms with Crippen molar-refractivity contribution in [2.45, 2.75) is 58.3 Å². The standard InChI is InChI=1S/C11H22/c1-3-5-7-9-11-10-8-6-4-2/h3H,1,4-11H2,2H3/i1D,7D. The van der Waals surface area contributed by atoms with E-state index in [1.807, 2.05) is 0 Å². The minimum absolute atomic E-state index is 0.0169. The van der Waals surface area contributed by atoms with E-state index >= 15 is 0 Å². The Bertz CT molecular complexity index is 121. The van der Waals surface area contributed by atoms with Gasteiger partial charge >= 0.3 is 0 Å². The summed E-state index contributed by atoms with van der Waals surface area (Å²) >= 11 is 0. The van der Waals surface area contributed by atoms with Crippen LogP contribution < -0.4 is 0 Å². The first-order chi connectivity index (χ1) is 6.31. The molecule has 0 saturated carbocycles. The van der Waals surface area contributed by atoms with Gasteiger partial charge in [-0.2, -0.15) is 0 Å². The molecule has 1 atom stereocenters. The first-order valence-corrected chi connectivity index (χ1v) is 4.77. The molecule has 0 aromatic heterocycles. The molecule has 0 nitrogen and oxygen atoms in total. The topological polar surface area (TPSA) is 0 Å². The molecule has 0 spiro atoms. The molecule has 66 valence electrons. The molecule has 0 heterocycles. The molecule has 0 aliphatic heterocycles. The lowest BCUT2D eigenvalue weighted by molar-refractivity contribution is 0.592. The van der Waals surface area contributed by atoms with E-state index in [-0.39, 0.29) is 6.40 Å². The van der Waals surface area contributed by atoms with Crippen molar-refractivity contribution < 1.29 is 2.74 Å². The number of unbranched alkanes of at least 4 members (excludes halogenated alkanes) is 4. The highest BCUT2D eigenvalue weighted by atomic mass is 13.9. The van der Waals surface area contributed by atoms with Crippen LogP contribution in [0.25, 0.3) is 0 Å². The lowest BCUT2D eigenvalue weighted by atomic mass is 10.1. The number of hydrogen-bond donors (Lipinski definition) is 0. The predicted octanol–water partition coefficient (Wildman–Crippen LogP) is 4.31. The second kappa shape index (κ2) is 9.74. The van der Waals surface area contributed by atoms with Gasteiger partial charge in [0.25, 0.3) is 0 Å². The second-order valence-electron chi connectivity index (χ2n) is 2.96. The van der Waals surface area contributed by atoms with Crippen LogP contribution in [0.5, 0.6) is 0 Å². The fourth-order valence-corrected chi connectivity index (χ4v) is 1.11. The number of hydrogen-bond acceptors (Lipinski definition) is 0. The molecule has 0 aromatic carbocycles. The van der Waals surface area contributed by atoms with Gasteiger partial charge < -0.3 is 0 Å². The van der Waals surface area contributed by atoms with Crippen molar-refractivity contribution in [3.8, 4) is 0 Å². The molecule has 0 bridgehead atoms. The van der Waals surface area contributed by atoms with Crippen molar-refractivity contribution in [1.82, 2.24) is 0 Å². The lowest BCUT2D eigenvalue weighted by Crippen LogP contribution is -1.78. The maximum atomic E-state index is 7.62. The first-order valence-electron chi connectivity index (χ1n) is 5.92. The minimum atomic E-state index is 0.0169. The molecule has 0 heteroatoms. The van der Waals surface area contributed by atoms with Gasteiger partial charge in [-0.3, -0.25) is 0 Å². The largest absolute Gasteiger partial charge is 0.103 e. The Kier molecular flexibility index (Phi) is 6.55.